The first-order valence-corrected chi connectivity index (χ1v) is 6.13. The van der Waals surface area contributed by atoms with Gasteiger partial charge in [-0.15, -0.1) is 22.7 Å². The van der Waals surface area contributed by atoms with Gasteiger partial charge in [0.2, 0.25) is 0 Å². The summed E-state index contributed by atoms with van der Waals surface area (Å²) in [5.41, 5.74) is 1.04. The van der Waals surface area contributed by atoms with E-state index in [1.165, 1.54) is 11.3 Å². The van der Waals surface area contributed by atoms with Gasteiger partial charge in [-0.05, 0) is 6.92 Å². The van der Waals surface area contributed by atoms with Gasteiger partial charge >= 0.3 is 0 Å². The lowest BCUT2D eigenvalue weighted by molar-refractivity contribution is 1.05. The molecule has 6 heteroatoms. The van der Waals surface area contributed by atoms with Crippen LogP contribution in [0.5, 0.6) is 0 Å². The number of anilines is 1. The topological polar surface area (TPSA) is 37.8 Å². The SMILES string of the molecule is Cc1nc(CNc2nc(Cl)cs2)cs1. The molecule has 3 nitrogen and oxygen atoms in total. The van der Waals surface area contributed by atoms with Crippen molar-refractivity contribution >= 4 is 39.4 Å². The van der Waals surface area contributed by atoms with Crippen LogP contribution in [0, 0.1) is 6.92 Å². The molecule has 0 radical (unpaired) electrons. The highest BCUT2D eigenvalue weighted by molar-refractivity contribution is 7.14. The minimum absolute atomic E-state index is 0.534. The first-order chi connectivity index (χ1) is 6.74. The molecule has 2 aromatic heterocycles. The number of rotatable bonds is 3. The average Bonchev–Trinajstić information content (AvgIpc) is 2.72. The number of aromatic nitrogens is 2. The fourth-order valence-corrected chi connectivity index (χ4v) is 2.44. The molecule has 2 aromatic rings. The molecule has 0 aliphatic carbocycles. The first kappa shape index (κ1) is 9.89. The number of thiazole rings is 2. The lowest BCUT2D eigenvalue weighted by Gasteiger charge is -1.97. The van der Waals surface area contributed by atoms with Gasteiger partial charge in [0.15, 0.2) is 5.13 Å². The Kier molecular flexibility index (Phi) is 3.00. The first-order valence-electron chi connectivity index (χ1n) is 4.00. The van der Waals surface area contributed by atoms with Crippen molar-refractivity contribution in [2.75, 3.05) is 5.32 Å². The Labute approximate surface area is 94.8 Å². The molecule has 0 amide bonds. The molecule has 0 saturated carbocycles. The number of nitrogens with zero attached hydrogens (tertiary/aromatic N) is 2. The molecule has 0 unspecified atom stereocenters. The molecular weight excluding hydrogens is 238 g/mol. The fraction of sp³-hybridized carbons (Fsp3) is 0.250. The summed E-state index contributed by atoms with van der Waals surface area (Å²) < 4.78 is 0. The second kappa shape index (κ2) is 4.25. The Morgan fingerprint density at radius 2 is 2.21 bits per heavy atom. The van der Waals surface area contributed by atoms with Gasteiger partial charge in [0.1, 0.15) is 5.15 Å². The maximum Gasteiger partial charge on any atom is 0.184 e. The summed E-state index contributed by atoms with van der Waals surface area (Å²) in [5.74, 6) is 0. The van der Waals surface area contributed by atoms with Crippen molar-refractivity contribution in [3.63, 3.8) is 0 Å². The van der Waals surface area contributed by atoms with Gasteiger partial charge < -0.3 is 5.32 Å². The highest BCUT2D eigenvalue weighted by Gasteiger charge is 2.01. The number of aryl methyl sites for hydroxylation is 1. The van der Waals surface area contributed by atoms with E-state index in [-0.39, 0.29) is 0 Å². The monoisotopic (exact) mass is 245 g/mol. The van der Waals surface area contributed by atoms with E-state index in [1.807, 2.05) is 12.3 Å². The van der Waals surface area contributed by atoms with Crippen LogP contribution in [0.3, 0.4) is 0 Å². The molecule has 2 heterocycles. The molecule has 74 valence electrons. The molecule has 0 bridgehead atoms. The van der Waals surface area contributed by atoms with Crippen molar-refractivity contribution < 1.29 is 0 Å². The molecule has 0 aliphatic heterocycles. The Morgan fingerprint density at radius 3 is 2.79 bits per heavy atom. The second-order valence-electron chi connectivity index (χ2n) is 2.69. The van der Waals surface area contributed by atoms with E-state index >= 15 is 0 Å². The predicted molar refractivity (Wildman–Crippen MR) is 61.3 cm³/mol. The van der Waals surface area contributed by atoms with Gasteiger partial charge in [-0.25, -0.2) is 9.97 Å². The van der Waals surface area contributed by atoms with E-state index in [9.17, 15) is 0 Å². The van der Waals surface area contributed by atoms with Crippen LogP contribution < -0.4 is 5.32 Å². The minimum atomic E-state index is 0.534. The van der Waals surface area contributed by atoms with Crippen molar-refractivity contribution in [1.29, 1.82) is 0 Å². The fourth-order valence-electron chi connectivity index (χ4n) is 0.991. The van der Waals surface area contributed by atoms with Crippen LogP contribution in [0.1, 0.15) is 10.7 Å². The maximum absolute atomic E-state index is 5.69. The summed E-state index contributed by atoms with van der Waals surface area (Å²) in [6.45, 7) is 2.70. The molecule has 0 atom stereocenters. The lowest BCUT2D eigenvalue weighted by atomic mass is 10.5. The molecule has 0 aliphatic rings. The summed E-state index contributed by atoms with van der Waals surface area (Å²) in [4.78, 5) is 8.41. The normalized spacial score (nSPS) is 10.4. The number of halogens is 1. The molecule has 0 spiro atoms. The Balaban J connectivity index is 1.94. The van der Waals surface area contributed by atoms with Crippen molar-refractivity contribution in [3.05, 3.63) is 26.6 Å². The predicted octanol–water partition coefficient (Wildman–Crippen LogP) is 3.17. The zero-order valence-electron chi connectivity index (χ0n) is 7.45. The van der Waals surface area contributed by atoms with Gasteiger partial charge in [-0.1, -0.05) is 11.6 Å². The summed E-state index contributed by atoms with van der Waals surface area (Å²) >= 11 is 8.84. The van der Waals surface area contributed by atoms with E-state index in [0.717, 1.165) is 15.8 Å². The largest absolute Gasteiger partial charge is 0.356 e. The third kappa shape index (κ3) is 2.43. The van der Waals surface area contributed by atoms with Crippen LogP contribution in [0.15, 0.2) is 10.8 Å². The number of nitrogens with one attached hydrogen (secondary N) is 1. The van der Waals surface area contributed by atoms with Gasteiger partial charge in [-0.3, -0.25) is 0 Å². The quantitative estimate of drug-likeness (QED) is 0.903. The van der Waals surface area contributed by atoms with Crippen LogP contribution in [0.25, 0.3) is 0 Å². The molecule has 0 saturated heterocycles. The molecule has 0 aromatic carbocycles. The summed E-state index contributed by atoms with van der Waals surface area (Å²) in [6.07, 6.45) is 0. The van der Waals surface area contributed by atoms with Gasteiger partial charge in [0, 0.05) is 10.8 Å². The van der Waals surface area contributed by atoms with Crippen LogP contribution >= 0.6 is 34.3 Å². The smallest absolute Gasteiger partial charge is 0.184 e. The molecule has 0 fully saturated rings. The number of hydrogen-bond acceptors (Lipinski definition) is 5. The van der Waals surface area contributed by atoms with Gasteiger partial charge in [0.05, 0.1) is 17.2 Å². The standard InChI is InChI=1S/C8H8ClN3S2/c1-5-11-6(3-13-5)2-10-8-12-7(9)4-14-8/h3-4H,2H2,1H3,(H,10,12). The van der Waals surface area contributed by atoms with E-state index in [1.54, 1.807) is 16.7 Å². The zero-order valence-corrected chi connectivity index (χ0v) is 9.84. The highest BCUT2D eigenvalue weighted by atomic mass is 35.5. The van der Waals surface area contributed by atoms with Gasteiger partial charge in [-0.2, -0.15) is 0 Å². The third-order valence-corrected chi connectivity index (χ3v) is 3.51. The van der Waals surface area contributed by atoms with Crippen LogP contribution in [0.2, 0.25) is 5.15 Å². The Bertz CT molecular complexity index is 383. The Morgan fingerprint density at radius 1 is 1.36 bits per heavy atom. The summed E-state index contributed by atoms with van der Waals surface area (Å²) in [7, 11) is 0. The summed E-state index contributed by atoms with van der Waals surface area (Å²) in [5, 5.41) is 9.45. The number of hydrogen-bond donors (Lipinski definition) is 1. The van der Waals surface area contributed by atoms with Crippen molar-refractivity contribution in [3.8, 4) is 0 Å². The molecule has 2 rings (SSSR count). The highest BCUT2D eigenvalue weighted by Crippen LogP contribution is 2.19. The molecular formula is C8H8ClN3S2. The maximum atomic E-state index is 5.69. The van der Waals surface area contributed by atoms with E-state index in [0.29, 0.717) is 11.7 Å². The average molecular weight is 246 g/mol. The van der Waals surface area contributed by atoms with Crippen LogP contribution in [-0.2, 0) is 6.54 Å². The third-order valence-electron chi connectivity index (χ3n) is 1.56. The van der Waals surface area contributed by atoms with Crippen molar-refractivity contribution in [1.82, 2.24) is 9.97 Å². The van der Waals surface area contributed by atoms with Crippen LogP contribution in [0.4, 0.5) is 5.13 Å². The van der Waals surface area contributed by atoms with Crippen LogP contribution in [-0.4, -0.2) is 9.97 Å². The Hall–Kier alpha value is -0.650. The zero-order chi connectivity index (χ0) is 9.97. The minimum Gasteiger partial charge on any atom is -0.356 e. The summed E-state index contributed by atoms with van der Waals surface area (Å²) in [6, 6.07) is 0. The van der Waals surface area contributed by atoms with Gasteiger partial charge in [0.25, 0.3) is 0 Å². The molecule has 14 heavy (non-hydrogen) atoms. The van der Waals surface area contributed by atoms with Crippen molar-refractivity contribution in [2.45, 2.75) is 13.5 Å². The van der Waals surface area contributed by atoms with E-state index < -0.39 is 0 Å². The second-order valence-corrected chi connectivity index (χ2v) is 4.99. The van der Waals surface area contributed by atoms with Crippen molar-refractivity contribution in [2.24, 2.45) is 0 Å². The molecule has 1 N–H and O–H groups in total. The van der Waals surface area contributed by atoms with E-state index in [4.69, 9.17) is 11.6 Å². The van der Waals surface area contributed by atoms with E-state index in [2.05, 4.69) is 15.3 Å². The lowest BCUT2D eigenvalue weighted by Crippen LogP contribution is -1.98.